The molecule has 3 heterocycles. The van der Waals surface area contributed by atoms with Crippen LogP contribution >= 0.6 is 0 Å². The van der Waals surface area contributed by atoms with E-state index in [1.165, 1.54) is 26.2 Å². The third-order valence-electron chi connectivity index (χ3n) is 5.42. The summed E-state index contributed by atoms with van der Waals surface area (Å²) in [5, 5.41) is 0. The first-order valence-electron chi connectivity index (χ1n) is 8.33. The summed E-state index contributed by atoms with van der Waals surface area (Å²) in [6, 6.07) is 1.72. The zero-order valence-electron chi connectivity index (χ0n) is 13.2. The molecule has 0 aromatic carbocycles. The summed E-state index contributed by atoms with van der Waals surface area (Å²) in [7, 11) is 0. The summed E-state index contributed by atoms with van der Waals surface area (Å²) in [5.74, 6) is 0.646. The molecule has 2 saturated heterocycles. The van der Waals surface area contributed by atoms with Crippen molar-refractivity contribution in [3.8, 4) is 0 Å². The predicted octanol–water partition coefficient (Wildman–Crippen LogP) is 4.42. The first-order chi connectivity index (χ1) is 10.9. The van der Waals surface area contributed by atoms with Gasteiger partial charge < -0.3 is 4.90 Å². The number of anilines is 1. The Morgan fingerprint density at radius 3 is 2.22 bits per heavy atom. The highest BCUT2D eigenvalue weighted by Crippen LogP contribution is 2.45. The van der Waals surface area contributed by atoms with Crippen LogP contribution in [0.15, 0.2) is 17.2 Å². The van der Waals surface area contributed by atoms with E-state index >= 15 is 0 Å². The van der Waals surface area contributed by atoms with Crippen molar-refractivity contribution in [2.75, 3.05) is 4.90 Å². The second kappa shape index (κ2) is 5.21. The van der Waals surface area contributed by atoms with Gasteiger partial charge in [0.15, 0.2) is 0 Å². The van der Waals surface area contributed by atoms with Crippen molar-refractivity contribution < 1.29 is 13.2 Å². The molecule has 0 radical (unpaired) electrons. The fraction of sp³-hybridized carbons (Fsp3) is 0.647. The smallest absolute Gasteiger partial charge is 0.350 e. The monoisotopic (exact) mass is 323 g/mol. The molecule has 2 aliphatic heterocycles. The molecule has 124 valence electrons. The van der Waals surface area contributed by atoms with Crippen LogP contribution < -0.4 is 4.90 Å². The third kappa shape index (κ3) is 2.62. The molecule has 6 heteroatoms. The van der Waals surface area contributed by atoms with Crippen molar-refractivity contribution in [3.63, 3.8) is 0 Å². The van der Waals surface area contributed by atoms with Crippen molar-refractivity contribution >= 4 is 5.82 Å². The maximum absolute atomic E-state index is 13.0. The molecule has 1 aromatic rings. The molecule has 3 fully saturated rings. The fourth-order valence-electron chi connectivity index (χ4n) is 4.21. The number of nitrogens with zero attached hydrogens (tertiary/aromatic N) is 3. The molecule has 3 aliphatic rings. The van der Waals surface area contributed by atoms with Gasteiger partial charge in [0.05, 0.1) is 0 Å². The van der Waals surface area contributed by atoms with Crippen LogP contribution in [0.2, 0.25) is 0 Å². The van der Waals surface area contributed by atoms with E-state index in [1.807, 2.05) is 0 Å². The average molecular weight is 323 g/mol. The third-order valence-corrected chi connectivity index (χ3v) is 5.42. The Hall–Kier alpha value is -1.59. The molecule has 0 N–H and O–H groups in total. The summed E-state index contributed by atoms with van der Waals surface area (Å²) < 4.78 is 39.1. The van der Waals surface area contributed by atoms with Crippen molar-refractivity contribution in [2.45, 2.75) is 70.1 Å². The van der Waals surface area contributed by atoms with Gasteiger partial charge in [0.1, 0.15) is 17.3 Å². The zero-order valence-corrected chi connectivity index (χ0v) is 13.2. The van der Waals surface area contributed by atoms with Crippen LogP contribution in [-0.4, -0.2) is 22.1 Å². The standard InChI is InChI=1S/C17H20F3N3/c1-10-21-15(17(18,19)20)9-16(22-10)23-13-5-6-14(23)8-12(7-13)11-3-2-4-11/h9,13-14H,2-8H2,1H3. The molecule has 1 saturated carbocycles. The normalized spacial score (nSPS) is 27.4. The van der Waals surface area contributed by atoms with Gasteiger partial charge in [0.2, 0.25) is 0 Å². The Kier molecular flexibility index (Phi) is 3.39. The van der Waals surface area contributed by atoms with E-state index in [2.05, 4.69) is 14.9 Å². The van der Waals surface area contributed by atoms with E-state index in [0.29, 0.717) is 17.9 Å². The Morgan fingerprint density at radius 2 is 1.70 bits per heavy atom. The first kappa shape index (κ1) is 15.0. The Labute approximate surface area is 133 Å². The van der Waals surface area contributed by atoms with Crippen LogP contribution in [0, 0.1) is 6.92 Å². The molecule has 2 atom stereocenters. The van der Waals surface area contributed by atoms with Gasteiger partial charge in [-0.05, 0) is 51.9 Å². The topological polar surface area (TPSA) is 29.0 Å². The first-order valence-corrected chi connectivity index (χ1v) is 8.33. The van der Waals surface area contributed by atoms with Crippen molar-refractivity contribution in [1.29, 1.82) is 0 Å². The molecule has 1 aliphatic carbocycles. The van der Waals surface area contributed by atoms with Gasteiger partial charge >= 0.3 is 6.18 Å². The maximum atomic E-state index is 13.0. The van der Waals surface area contributed by atoms with Crippen LogP contribution in [0.5, 0.6) is 0 Å². The van der Waals surface area contributed by atoms with Crippen LogP contribution in [-0.2, 0) is 6.18 Å². The van der Waals surface area contributed by atoms with Gasteiger partial charge in [0.25, 0.3) is 0 Å². The van der Waals surface area contributed by atoms with E-state index in [-0.39, 0.29) is 5.82 Å². The van der Waals surface area contributed by atoms with Crippen LogP contribution in [0.3, 0.4) is 0 Å². The number of hydrogen-bond donors (Lipinski definition) is 0. The van der Waals surface area contributed by atoms with Crippen molar-refractivity contribution in [1.82, 2.24) is 9.97 Å². The molecule has 4 rings (SSSR count). The van der Waals surface area contributed by atoms with Gasteiger partial charge in [-0.15, -0.1) is 0 Å². The molecular weight excluding hydrogens is 303 g/mol. The molecule has 23 heavy (non-hydrogen) atoms. The highest BCUT2D eigenvalue weighted by molar-refractivity contribution is 5.48. The second-order valence-corrected chi connectivity index (χ2v) is 6.92. The number of alkyl halides is 3. The number of allylic oxidation sites excluding steroid dienone is 1. The summed E-state index contributed by atoms with van der Waals surface area (Å²) in [4.78, 5) is 10.0. The number of aryl methyl sites for hydroxylation is 1. The Morgan fingerprint density at radius 1 is 1.04 bits per heavy atom. The van der Waals surface area contributed by atoms with Gasteiger partial charge in [-0.2, -0.15) is 13.2 Å². The van der Waals surface area contributed by atoms with Gasteiger partial charge in [-0.1, -0.05) is 11.1 Å². The number of hydrogen-bond acceptors (Lipinski definition) is 3. The molecule has 2 bridgehead atoms. The lowest BCUT2D eigenvalue weighted by Crippen LogP contribution is -2.42. The molecule has 0 spiro atoms. The Bertz CT molecular complexity index is 644. The minimum Gasteiger partial charge on any atom is -0.350 e. The fourth-order valence-corrected chi connectivity index (χ4v) is 4.21. The van der Waals surface area contributed by atoms with E-state index in [1.54, 1.807) is 11.1 Å². The maximum Gasteiger partial charge on any atom is 0.433 e. The number of piperidine rings is 1. The largest absolute Gasteiger partial charge is 0.433 e. The molecular formula is C17H20F3N3. The Balaban J connectivity index is 1.66. The summed E-state index contributed by atoms with van der Waals surface area (Å²) in [6.45, 7) is 1.53. The van der Waals surface area contributed by atoms with E-state index < -0.39 is 11.9 Å². The van der Waals surface area contributed by atoms with Gasteiger partial charge in [-0.25, -0.2) is 9.97 Å². The molecule has 1 aromatic heterocycles. The van der Waals surface area contributed by atoms with Crippen molar-refractivity contribution in [3.05, 3.63) is 28.7 Å². The van der Waals surface area contributed by atoms with Gasteiger partial charge in [-0.3, -0.25) is 0 Å². The summed E-state index contributed by atoms with van der Waals surface area (Å²) in [6.07, 6.45) is 3.40. The highest BCUT2D eigenvalue weighted by atomic mass is 19.4. The lowest BCUT2D eigenvalue weighted by atomic mass is 9.82. The van der Waals surface area contributed by atoms with Crippen LogP contribution in [0.4, 0.5) is 19.0 Å². The minimum atomic E-state index is -4.42. The predicted molar refractivity (Wildman–Crippen MR) is 81.2 cm³/mol. The van der Waals surface area contributed by atoms with E-state index in [4.69, 9.17) is 0 Å². The lowest BCUT2D eigenvalue weighted by Gasteiger charge is -2.39. The van der Waals surface area contributed by atoms with Crippen LogP contribution in [0.25, 0.3) is 0 Å². The number of rotatable bonds is 1. The number of aromatic nitrogens is 2. The van der Waals surface area contributed by atoms with E-state index in [9.17, 15) is 13.2 Å². The summed E-state index contributed by atoms with van der Waals surface area (Å²) >= 11 is 0. The minimum absolute atomic E-state index is 0.192. The van der Waals surface area contributed by atoms with Gasteiger partial charge in [0, 0.05) is 18.2 Å². The molecule has 3 nitrogen and oxygen atoms in total. The zero-order chi connectivity index (χ0) is 16.2. The van der Waals surface area contributed by atoms with Crippen molar-refractivity contribution in [2.24, 2.45) is 0 Å². The SMILES string of the molecule is Cc1nc(N2C3CCC2CC(=C2CCC2)C3)cc(C(F)(F)F)n1. The number of fused-ring (bicyclic) bond motifs is 2. The van der Waals surface area contributed by atoms with E-state index in [0.717, 1.165) is 31.7 Å². The summed E-state index contributed by atoms with van der Waals surface area (Å²) in [5.41, 5.74) is 2.35. The van der Waals surface area contributed by atoms with Crippen LogP contribution in [0.1, 0.15) is 56.5 Å². The quantitative estimate of drug-likeness (QED) is 0.717. The highest BCUT2D eigenvalue weighted by Gasteiger charge is 2.42. The average Bonchev–Trinajstić information content (AvgIpc) is 2.67. The molecule has 2 unspecified atom stereocenters. The number of halogens is 3. The second-order valence-electron chi connectivity index (χ2n) is 6.92. The lowest BCUT2D eigenvalue weighted by molar-refractivity contribution is -0.141. The molecule has 0 amide bonds.